The summed E-state index contributed by atoms with van der Waals surface area (Å²) in [5.74, 6) is -1.73. The molecule has 0 aliphatic carbocycles. The molecule has 0 unspecified atom stereocenters. The van der Waals surface area contributed by atoms with Gasteiger partial charge in [-0.05, 0) is 24.1 Å². The summed E-state index contributed by atoms with van der Waals surface area (Å²) in [7, 11) is 0. The smallest absolute Gasteiger partial charge is 0.303 e. The first kappa shape index (κ1) is 12.4. The molecular weight excluding hydrogens is 211 g/mol. The summed E-state index contributed by atoms with van der Waals surface area (Å²) < 4.78 is 13.3. The van der Waals surface area contributed by atoms with Gasteiger partial charge in [0.2, 0.25) is 0 Å². The standard InChI is InChI=1S/C12H13FO3/c1-2-11(14)9-7-8(3-5-10(9)13)4-6-12(15)16/h3,5,7H,2,4,6H2,1H3,(H,15,16). The van der Waals surface area contributed by atoms with Gasteiger partial charge in [0.15, 0.2) is 5.78 Å². The molecular formula is C12H13FO3. The number of carbonyl (C=O) groups excluding carboxylic acids is 1. The van der Waals surface area contributed by atoms with Crippen LogP contribution in [0.25, 0.3) is 0 Å². The first-order valence-electron chi connectivity index (χ1n) is 5.08. The van der Waals surface area contributed by atoms with E-state index in [2.05, 4.69) is 0 Å². The monoisotopic (exact) mass is 224 g/mol. The first-order chi connectivity index (χ1) is 7.54. The van der Waals surface area contributed by atoms with Crippen molar-refractivity contribution >= 4 is 11.8 Å². The molecule has 4 heteroatoms. The summed E-state index contributed by atoms with van der Waals surface area (Å²) in [6, 6.07) is 4.15. The lowest BCUT2D eigenvalue weighted by molar-refractivity contribution is -0.136. The molecule has 0 fully saturated rings. The molecule has 0 aromatic heterocycles. The van der Waals surface area contributed by atoms with Crippen LogP contribution >= 0.6 is 0 Å². The van der Waals surface area contributed by atoms with Crippen molar-refractivity contribution in [1.82, 2.24) is 0 Å². The van der Waals surface area contributed by atoms with Crippen LogP contribution in [0.15, 0.2) is 18.2 Å². The average molecular weight is 224 g/mol. The number of aryl methyl sites for hydroxylation is 1. The Balaban J connectivity index is 2.89. The number of carboxylic acids is 1. The van der Waals surface area contributed by atoms with E-state index in [9.17, 15) is 14.0 Å². The van der Waals surface area contributed by atoms with Gasteiger partial charge in [-0.2, -0.15) is 0 Å². The zero-order chi connectivity index (χ0) is 12.1. The van der Waals surface area contributed by atoms with Crippen molar-refractivity contribution in [1.29, 1.82) is 0 Å². The maximum absolute atomic E-state index is 13.3. The number of aliphatic carboxylic acids is 1. The van der Waals surface area contributed by atoms with E-state index in [0.29, 0.717) is 12.0 Å². The van der Waals surface area contributed by atoms with Crippen LogP contribution in [0.2, 0.25) is 0 Å². The molecule has 3 nitrogen and oxygen atoms in total. The van der Waals surface area contributed by atoms with Crippen molar-refractivity contribution in [2.24, 2.45) is 0 Å². The second-order valence-corrected chi connectivity index (χ2v) is 3.48. The highest BCUT2D eigenvalue weighted by Gasteiger charge is 2.10. The minimum absolute atomic E-state index is 0.0224. The van der Waals surface area contributed by atoms with Crippen molar-refractivity contribution in [3.8, 4) is 0 Å². The SMILES string of the molecule is CCC(=O)c1cc(CCC(=O)O)ccc1F. The predicted molar refractivity (Wildman–Crippen MR) is 57.0 cm³/mol. The van der Waals surface area contributed by atoms with Crippen LogP contribution in [0.1, 0.15) is 35.7 Å². The molecule has 0 saturated heterocycles. The summed E-state index contributed by atoms with van der Waals surface area (Å²) >= 11 is 0. The highest BCUT2D eigenvalue weighted by atomic mass is 19.1. The number of hydrogen-bond acceptors (Lipinski definition) is 2. The summed E-state index contributed by atoms with van der Waals surface area (Å²) in [6.07, 6.45) is 0.518. The van der Waals surface area contributed by atoms with E-state index >= 15 is 0 Å². The Morgan fingerprint density at radius 2 is 2.06 bits per heavy atom. The number of hydrogen-bond donors (Lipinski definition) is 1. The Morgan fingerprint density at radius 1 is 1.38 bits per heavy atom. The molecule has 0 heterocycles. The van der Waals surface area contributed by atoms with E-state index in [1.54, 1.807) is 6.92 Å². The minimum Gasteiger partial charge on any atom is -0.481 e. The van der Waals surface area contributed by atoms with Gasteiger partial charge < -0.3 is 5.11 Å². The van der Waals surface area contributed by atoms with E-state index < -0.39 is 11.8 Å². The number of ketones is 1. The lowest BCUT2D eigenvalue weighted by atomic mass is 10.0. The molecule has 0 amide bonds. The van der Waals surface area contributed by atoms with Crippen molar-refractivity contribution in [3.05, 3.63) is 35.1 Å². The molecule has 0 spiro atoms. The predicted octanol–water partition coefficient (Wildman–Crippen LogP) is 2.44. The zero-order valence-corrected chi connectivity index (χ0v) is 9.00. The number of carbonyl (C=O) groups is 2. The number of halogens is 1. The summed E-state index contributed by atoms with van der Waals surface area (Å²) in [6.45, 7) is 1.66. The van der Waals surface area contributed by atoms with Gasteiger partial charge >= 0.3 is 5.97 Å². The van der Waals surface area contributed by atoms with Gasteiger partial charge in [-0.3, -0.25) is 9.59 Å². The fourth-order valence-corrected chi connectivity index (χ4v) is 1.38. The fraction of sp³-hybridized carbons (Fsp3) is 0.333. The lowest BCUT2D eigenvalue weighted by Crippen LogP contribution is -2.03. The highest BCUT2D eigenvalue weighted by molar-refractivity contribution is 5.96. The first-order valence-corrected chi connectivity index (χ1v) is 5.08. The number of carboxylic acid groups (broad SMARTS) is 1. The maximum Gasteiger partial charge on any atom is 0.303 e. The Bertz CT molecular complexity index is 413. The molecule has 1 aromatic carbocycles. The zero-order valence-electron chi connectivity index (χ0n) is 9.00. The van der Waals surface area contributed by atoms with E-state index in [1.165, 1.54) is 18.2 Å². The van der Waals surface area contributed by atoms with Gasteiger partial charge in [0.05, 0.1) is 5.56 Å². The second kappa shape index (κ2) is 5.39. The third-order valence-corrected chi connectivity index (χ3v) is 2.28. The van der Waals surface area contributed by atoms with Gasteiger partial charge in [-0.25, -0.2) is 4.39 Å². The van der Waals surface area contributed by atoms with Crippen LogP contribution in [-0.4, -0.2) is 16.9 Å². The van der Waals surface area contributed by atoms with Gasteiger partial charge in [0, 0.05) is 12.8 Å². The Morgan fingerprint density at radius 3 is 2.62 bits per heavy atom. The number of benzene rings is 1. The average Bonchev–Trinajstić information content (AvgIpc) is 2.27. The Labute approximate surface area is 92.9 Å². The van der Waals surface area contributed by atoms with Crippen LogP contribution in [0.3, 0.4) is 0 Å². The van der Waals surface area contributed by atoms with E-state index in [1.807, 2.05) is 0 Å². The minimum atomic E-state index is -0.910. The van der Waals surface area contributed by atoms with Crippen LogP contribution in [0.4, 0.5) is 4.39 Å². The molecule has 86 valence electrons. The molecule has 0 bridgehead atoms. The number of rotatable bonds is 5. The lowest BCUT2D eigenvalue weighted by Gasteiger charge is -2.04. The Hall–Kier alpha value is -1.71. The van der Waals surface area contributed by atoms with Gasteiger partial charge in [-0.15, -0.1) is 0 Å². The molecule has 1 N–H and O–H groups in total. The van der Waals surface area contributed by atoms with Gasteiger partial charge in [-0.1, -0.05) is 13.0 Å². The van der Waals surface area contributed by atoms with Crippen LogP contribution in [0, 0.1) is 5.82 Å². The van der Waals surface area contributed by atoms with Crippen LogP contribution in [-0.2, 0) is 11.2 Å². The molecule has 16 heavy (non-hydrogen) atoms. The molecule has 0 saturated carbocycles. The molecule has 0 radical (unpaired) electrons. The van der Waals surface area contributed by atoms with E-state index in [0.717, 1.165) is 0 Å². The molecule has 1 aromatic rings. The molecule has 0 aliphatic rings. The van der Waals surface area contributed by atoms with Gasteiger partial charge in [0.25, 0.3) is 0 Å². The van der Waals surface area contributed by atoms with Crippen molar-refractivity contribution in [3.63, 3.8) is 0 Å². The van der Waals surface area contributed by atoms with Crippen molar-refractivity contribution < 1.29 is 19.1 Å². The third-order valence-electron chi connectivity index (χ3n) is 2.28. The highest BCUT2D eigenvalue weighted by Crippen LogP contribution is 2.14. The number of Topliss-reactive ketones (excluding diaryl/α,β-unsaturated/α-hetero) is 1. The topological polar surface area (TPSA) is 54.4 Å². The summed E-state index contributed by atoms with van der Waals surface area (Å²) in [5, 5.41) is 8.51. The molecule has 1 rings (SSSR count). The maximum atomic E-state index is 13.3. The fourth-order valence-electron chi connectivity index (χ4n) is 1.38. The third kappa shape index (κ3) is 3.15. The van der Waals surface area contributed by atoms with Crippen LogP contribution in [0.5, 0.6) is 0 Å². The largest absolute Gasteiger partial charge is 0.481 e. The van der Waals surface area contributed by atoms with E-state index in [-0.39, 0.29) is 24.2 Å². The summed E-state index contributed by atoms with van der Waals surface area (Å²) in [5.41, 5.74) is 0.714. The quantitative estimate of drug-likeness (QED) is 0.781. The van der Waals surface area contributed by atoms with Crippen molar-refractivity contribution in [2.75, 3.05) is 0 Å². The van der Waals surface area contributed by atoms with E-state index in [4.69, 9.17) is 5.11 Å². The van der Waals surface area contributed by atoms with Crippen LogP contribution < -0.4 is 0 Å². The van der Waals surface area contributed by atoms with Gasteiger partial charge in [0.1, 0.15) is 5.82 Å². The molecule has 0 aliphatic heterocycles. The molecule has 0 atom stereocenters. The normalized spacial score (nSPS) is 10.1. The Kier molecular flexibility index (Phi) is 4.17. The van der Waals surface area contributed by atoms with Crippen molar-refractivity contribution in [2.45, 2.75) is 26.2 Å². The second-order valence-electron chi connectivity index (χ2n) is 3.48. The summed E-state index contributed by atoms with van der Waals surface area (Å²) in [4.78, 5) is 21.7.